The Balaban J connectivity index is 2.26. The summed E-state index contributed by atoms with van der Waals surface area (Å²) in [6.07, 6.45) is 2.18. The van der Waals surface area contributed by atoms with Gasteiger partial charge in [-0.3, -0.25) is 5.10 Å². The van der Waals surface area contributed by atoms with Gasteiger partial charge in [-0.2, -0.15) is 5.10 Å². The monoisotopic (exact) mass is 250 g/mol. The highest BCUT2D eigenvalue weighted by Crippen LogP contribution is 2.48. The molecule has 1 heterocycles. The molecule has 0 spiro atoms. The smallest absolute Gasteiger partial charge is 0.153 e. The first-order valence-electron chi connectivity index (χ1n) is 7.01. The van der Waals surface area contributed by atoms with Gasteiger partial charge in [-0.05, 0) is 24.2 Å². The highest BCUT2D eigenvalue weighted by Gasteiger charge is 2.43. The van der Waals surface area contributed by atoms with Crippen LogP contribution < -0.4 is 5.73 Å². The second kappa shape index (κ2) is 4.65. The first-order valence-corrected chi connectivity index (χ1v) is 7.01. The Hall–Kier alpha value is -0.900. The molecule has 1 aliphatic carbocycles. The second-order valence-corrected chi connectivity index (χ2v) is 6.64. The van der Waals surface area contributed by atoms with E-state index in [1.54, 1.807) is 0 Å². The third-order valence-electron chi connectivity index (χ3n) is 4.87. The minimum Gasteiger partial charge on any atom is -0.327 e. The molecule has 1 fully saturated rings. The van der Waals surface area contributed by atoms with Crippen LogP contribution in [-0.4, -0.2) is 21.2 Å². The van der Waals surface area contributed by atoms with Gasteiger partial charge in [0, 0.05) is 17.9 Å². The molecule has 0 bridgehead atoms. The quantitative estimate of drug-likeness (QED) is 0.848. The van der Waals surface area contributed by atoms with Gasteiger partial charge >= 0.3 is 0 Å². The van der Waals surface area contributed by atoms with E-state index in [-0.39, 0.29) is 5.41 Å². The largest absolute Gasteiger partial charge is 0.327 e. The molecule has 1 aromatic heterocycles. The molecule has 0 saturated heterocycles. The number of rotatable bonds is 2. The van der Waals surface area contributed by atoms with Gasteiger partial charge in [-0.25, -0.2) is 4.98 Å². The fourth-order valence-electron chi connectivity index (χ4n) is 3.04. The highest BCUT2D eigenvalue weighted by atomic mass is 15.2. The predicted octanol–water partition coefficient (Wildman–Crippen LogP) is 2.80. The van der Waals surface area contributed by atoms with Crippen molar-refractivity contribution in [2.75, 3.05) is 0 Å². The third-order valence-corrected chi connectivity index (χ3v) is 4.87. The van der Waals surface area contributed by atoms with Crippen LogP contribution in [0.3, 0.4) is 0 Å². The van der Waals surface area contributed by atoms with Gasteiger partial charge in [0.15, 0.2) is 5.82 Å². The number of hydrogen-bond acceptors (Lipinski definition) is 3. The zero-order chi connectivity index (χ0) is 13.5. The molecule has 0 aliphatic heterocycles. The molecule has 0 aromatic carbocycles. The SMILES string of the molecule is CC(C)c1n[nH]c(C2CCC(N)C(C)C2(C)C)n1. The molecule has 18 heavy (non-hydrogen) atoms. The Kier molecular flexibility index (Phi) is 3.49. The number of nitrogens with zero attached hydrogens (tertiary/aromatic N) is 2. The molecule has 2 rings (SSSR count). The molecule has 3 unspecified atom stereocenters. The maximum Gasteiger partial charge on any atom is 0.153 e. The molecule has 3 atom stereocenters. The maximum absolute atomic E-state index is 6.20. The van der Waals surface area contributed by atoms with E-state index in [9.17, 15) is 0 Å². The zero-order valence-corrected chi connectivity index (χ0v) is 12.2. The molecular weight excluding hydrogens is 224 g/mol. The van der Waals surface area contributed by atoms with Crippen LogP contribution in [0.1, 0.15) is 70.9 Å². The van der Waals surface area contributed by atoms with Crippen LogP contribution in [0, 0.1) is 11.3 Å². The maximum atomic E-state index is 6.20. The minimum absolute atomic E-state index is 0.172. The Morgan fingerprint density at radius 3 is 2.56 bits per heavy atom. The number of nitrogens with one attached hydrogen (secondary N) is 1. The summed E-state index contributed by atoms with van der Waals surface area (Å²) in [5, 5.41) is 7.48. The average molecular weight is 250 g/mol. The summed E-state index contributed by atoms with van der Waals surface area (Å²) < 4.78 is 0. The van der Waals surface area contributed by atoms with Gasteiger partial charge in [0.05, 0.1) is 0 Å². The summed E-state index contributed by atoms with van der Waals surface area (Å²) in [7, 11) is 0. The fraction of sp³-hybridized carbons (Fsp3) is 0.857. The molecule has 0 radical (unpaired) electrons. The number of H-pyrrole nitrogens is 1. The summed E-state index contributed by atoms with van der Waals surface area (Å²) >= 11 is 0. The van der Waals surface area contributed by atoms with Gasteiger partial charge in [0.2, 0.25) is 0 Å². The first-order chi connectivity index (χ1) is 8.34. The lowest BCUT2D eigenvalue weighted by molar-refractivity contribution is 0.0949. The molecule has 4 nitrogen and oxygen atoms in total. The van der Waals surface area contributed by atoms with Gasteiger partial charge in [-0.1, -0.05) is 34.6 Å². The molecule has 0 amide bonds. The topological polar surface area (TPSA) is 67.6 Å². The summed E-state index contributed by atoms with van der Waals surface area (Å²) in [4.78, 5) is 4.68. The van der Waals surface area contributed by atoms with Crippen molar-refractivity contribution >= 4 is 0 Å². The molecule has 102 valence electrons. The van der Waals surface area contributed by atoms with Gasteiger partial charge < -0.3 is 5.73 Å². The van der Waals surface area contributed by atoms with Crippen LogP contribution in [0.4, 0.5) is 0 Å². The van der Waals surface area contributed by atoms with Crippen LogP contribution in [0.5, 0.6) is 0 Å². The second-order valence-electron chi connectivity index (χ2n) is 6.64. The van der Waals surface area contributed by atoms with E-state index in [2.05, 4.69) is 49.8 Å². The number of aromatic nitrogens is 3. The highest BCUT2D eigenvalue weighted by molar-refractivity contribution is 5.09. The Bertz CT molecular complexity index is 408. The lowest BCUT2D eigenvalue weighted by Gasteiger charge is -2.45. The van der Waals surface area contributed by atoms with E-state index >= 15 is 0 Å². The van der Waals surface area contributed by atoms with Crippen LogP contribution in [-0.2, 0) is 0 Å². The lowest BCUT2D eigenvalue weighted by atomic mass is 9.61. The van der Waals surface area contributed by atoms with Crippen LogP contribution >= 0.6 is 0 Å². The van der Waals surface area contributed by atoms with Gasteiger partial charge in [-0.15, -0.1) is 0 Å². The molecule has 1 saturated carbocycles. The predicted molar refractivity (Wildman–Crippen MR) is 73.4 cm³/mol. The molecule has 1 aromatic rings. The molecule has 4 heteroatoms. The number of nitrogens with two attached hydrogens (primary N) is 1. The van der Waals surface area contributed by atoms with Crippen molar-refractivity contribution in [2.24, 2.45) is 17.1 Å². The molecule has 1 aliphatic rings. The number of hydrogen-bond donors (Lipinski definition) is 2. The van der Waals surface area contributed by atoms with Crippen molar-refractivity contribution < 1.29 is 0 Å². The van der Waals surface area contributed by atoms with E-state index in [1.165, 1.54) is 0 Å². The Labute approximate surface area is 110 Å². The van der Waals surface area contributed by atoms with Crippen LogP contribution in [0.25, 0.3) is 0 Å². The zero-order valence-electron chi connectivity index (χ0n) is 12.2. The minimum atomic E-state index is 0.172. The Morgan fingerprint density at radius 2 is 2.00 bits per heavy atom. The van der Waals surface area contributed by atoms with Crippen molar-refractivity contribution in [1.82, 2.24) is 15.2 Å². The summed E-state index contributed by atoms with van der Waals surface area (Å²) in [6.45, 7) is 11.1. The van der Waals surface area contributed by atoms with Gasteiger partial charge in [0.1, 0.15) is 5.82 Å². The van der Waals surface area contributed by atoms with Crippen molar-refractivity contribution in [3.05, 3.63) is 11.6 Å². The first kappa shape index (κ1) is 13.5. The van der Waals surface area contributed by atoms with E-state index in [0.717, 1.165) is 24.5 Å². The van der Waals surface area contributed by atoms with Crippen LogP contribution in [0.2, 0.25) is 0 Å². The van der Waals surface area contributed by atoms with E-state index in [4.69, 9.17) is 5.73 Å². The summed E-state index contributed by atoms with van der Waals surface area (Å²) in [6, 6.07) is 0.309. The van der Waals surface area contributed by atoms with Gasteiger partial charge in [0.25, 0.3) is 0 Å². The summed E-state index contributed by atoms with van der Waals surface area (Å²) in [5.41, 5.74) is 6.37. The summed E-state index contributed by atoms with van der Waals surface area (Å²) in [5.74, 6) is 3.28. The van der Waals surface area contributed by atoms with Crippen molar-refractivity contribution in [2.45, 2.75) is 65.3 Å². The fourth-order valence-corrected chi connectivity index (χ4v) is 3.04. The third kappa shape index (κ3) is 2.18. The van der Waals surface area contributed by atoms with E-state index < -0.39 is 0 Å². The van der Waals surface area contributed by atoms with Crippen molar-refractivity contribution in [1.29, 1.82) is 0 Å². The standard InChI is InChI=1S/C14H26N4/c1-8(2)12-16-13(18-17-12)10-6-7-11(15)9(3)14(10,4)5/h8-11H,6-7,15H2,1-5H3,(H,16,17,18). The molecule has 3 N–H and O–H groups in total. The Morgan fingerprint density at radius 1 is 1.33 bits per heavy atom. The van der Waals surface area contributed by atoms with Crippen molar-refractivity contribution in [3.63, 3.8) is 0 Å². The van der Waals surface area contributed by atoms with E-state index in [0.29, 0.717) is 23.8 Å². The van der Waals surface area contributed by atoms with Crippen LogP contribution in [0.15, 0.2) is 0 Å². The lowest BCUT2D eigenvalue weighted by Crippen LogP contribution is -2.46. The average Bonchev–Trinajstić information content (AvgIpc) is 2.75. The number of aromatic amines is 1. The van der Waals surface area contributed by atoms with E-state index in [1.807, 2.05) is 0 Å². The molecular formula is C14H26N4. The normalized spacial score (nSPS) is 31.8. The van der Waals surface area contributed by atoms with Crippen molar-refractivity contribution in [3.8, 4) is 0 Å².